The van der Waals surface area contributed by atoms with Crippen LogP contribution in [-0.4, -0.2) is 12.0 Å². The van der Waals surface area contributed by atoms with Crippen molar-refractivity contribution in [3.8, 4) is 0 Å². The van der Waals surface area contributed by atoms with Crippen LogP contribution in [0.3, 0.4) is 0 Å². The number of benzene rings is 1. The summed E-state index contributed by atoms with van der Waals surface area (Å²) < 4.78 is 0. The number of rotatable bonds is 5. The highest BCUT2D eigenvalue weighted by atomic mass is 35.5. The van der Waals surface area contributed by atoms with Crippen LogP contribution in [0.15, 0.2) is 36.4 Å². The van der Waals surface area contributed by atoms with Crippen LogP contribution in [0.2, 0.25) is 0 Å². The lowest BCUT2D eigenvalue weighted by molar-refractivity contribution is 0.875. The summed E-state index contributed by atoms with van der Waals surface area (Å²) in [4.78, 5) is 6.89. The molecule has 0 saturated carbocycles. The maximum absolute atomic E-state index is 6.01. The van der Waals surface area contributed by atoms with Crippen molar-refractivity contribution in [3.05, 3.63) is 53.2 Å². The van der Waals surface area contributed by atoms with Gasteiger partial charge in [0, 0.05) is 24.3 Å². The topological polar surface area (TPSA) is 16.1 Å². The molecule has 0 N–H and O–H groups in total. The number of hydrogen-bond donors (Lipinski definition) is 0. The molecule has 0 aliphatic carbocycles. The van der Waals surface area contributed by atoms with Gasteiger partial charge in [-0.3, -0.25) is 0 Å². The Morgan fingerprint density at radius 1 is 1.20 bits per heavy atom. The fourth-order valence-corrected chi connectivity index (χ4v) is 2.48. The van der Waals surface area contributed by atoms with Crippen molar-refractivity contribution in [2.75, 3.05) is 11.9 Å². The zero-order chi connectivity index (χ0) is 14.5. The monoisotopic (exact) mass is 288 g/mol. The van der Waals surface area contributed by atoms with Gasteiger partial charge in [-0.2, -0.15) is 0 Å². The fraction of sp³-hybridized carbons (Fsp3) is 0.353. The minimum Gasteiger partial charge on any atom is -0.329 e. The Bertz CT molecular complexity index is 581. The number of pyridine rings is 1. The van der Waals surface area contributed by atoms with Crippen LogP contribution in [0.4, 0.5) is 11.5 Å². The van der Waals surface area contributed by atoms with Gasteiger partial charge in [0.15, 0.2) is 0 Å². The molecule has 0 saturated heterocycles. The number of alkyl halides is 1. The van der Waals surface area contributed by atoms with Gasteiger partial charge in [-0.15, -0.1) is 11.6 Å². The lowest BCUT2D eigenvalue weighted by Crippen LogP contribution is -2.13. The SMILES string of the molecule is CCCc1cc(CCl)cc(N(C)c2ccccc2C)n1. The fourth-order valence-electron chi connectivity index (χ4n) is 2.33. The second-order valence-electron chi connectivity index (χ2n) is 5.05. The Morgan fingerprint density at radius 2 is 1.95 bits per heavy atom. The standard InChI is InChI=1S/C17H21ClN2/c1-4-7-15-10-14(12-18)11-17(19-15)20(3)16-9-6-5-8-13(16)2/h5-6,8-11H,4,7,12H2,1-3H3. The van der Waals surface area contributed by atoms with E-state index in [9.17, 15) is 0 Å². The van der Waals surface area contributed by atoms with Crippen molar-refractivity contribution in [3.63, 3.8) is 0 Å². The number of aryl methyl sites for hydroxylation is 2. The molecule has 0 radical (unpaired) electrons. The molecule has 0 spiro atoms. The highest BCUT2D eigenvalue weighted by Gasteiger charge is 2.10. The Balaban J connectivity index is 2.40. The van der Waals surface area contributed by atoms with Crippen molar-refractivity contribution in [1.29, 1.82) is 0 Å². The molecular weight excluding hydrogens is 268 g/mol. The van der Waals surface area contributed by atoms with Crippen molar-refractivity contribution in [2.24, 2.45) is 0 Å². The summed E-state index contributed by atoms with van der Waals surface area (Å²) in [7, 11) is 2.05. The van der Waals surface area contributed by atoms with Gasteiger partial charge in [0.05, 0.1) is 0 Å². The van der Waals surface area contributed by atoms with E-state index in [4.69, 9.17) is 16.6 Å². The molecule has 106 valence electrons. The Hall–Kier alpha value is -1.54. The molecule has 0 bridgehead atoms. The zero-order valence-electron chi connectivity index (χ0n) is 12.4. The first kappa shape index (κ1) is 14.9. The molecule has 1 aromatic carbocycles. The van der Waals surface area contributed by atoms with Crippen LogP contribution >= 0.6 is 11.6 Å². The Kier molecular flexibility index (Phi) is 5.02. The third kappa shape index (κ3) is 3.31. The van der Waals surface area contributed by atoms with E-state index in [-0.39, 0.29) is 0 Å². The molecule has 0 fully saturated rings. The van der Waals surface area contributed by atoms with E-state index in [0.717, 1.165) is 29.9 Å². The molecule has 0 unspecified atom stereocenters. The molecule has 0 atom stereocenters. The summed E-state index contributed by atoms with van der Waals surface area (Å²) >= 11 is 6.01. The van der Waals surface area contributed by atoms with Gasteiger partial charge >= 0.3 is 0 Å². The lowest BCUT2D eigenvalue weighted by atomic mass is 10.1. The van der Waals surface area contributed by atoms with Gasteiger partial charge in [-0.05, 0) is 42.7 Å². The molecule has 20 heavy (non-hydrogen) atoms. The van der Waals surface area contributed by atoms with Crippen LogP contribution in [0.1, 0.15) is 30.2 Å². The number of hydrogen-bond acceptors (Lipinski definition) is 2. The van der Waals surface area contributed by atoms with Crippen molar-refractivity contribution in [2.45, 2.75) is 32.6 Å². The predicted molar refractivity (Wildman–Crippen MR) is 87.0 cm³/mol. The molecule has 2 rings (SSSR count). The summed E-state index contributed by atoms with van der Waals surface area (Å²) in [6.45, 7) is 4.28. The van der Waals surface area contributed by atoms with Gasteiger partial charge in [0.2, 0.25) is 0 Å². The van der Waals surface area contributed by atoms with Gasteiger partial charge in [-0.25, -0.2) is 4.98 Å². The minimum atomic E-state index is 0.522. The average molecular weight is 289 g/mol. The lowest BCUT2D eigenvalue weighted by Gasteiger charge is -2.21. The quantitative estimate of drug-likeness (QED) is 0.731. The van der Waals surface area contributed by atoms with Gasteiger partial charge in [-0.1, -0.05) is 31.5 Å². The van der Waals surface area contributed by atoms with E-state index in [1.807, 2.05) is 0 Å². The Labute approximate surface area is 126 Å². The molecule has 1 heterocycles. The molecule has 2 nitrogen and oxygen atoms in total. The molecular formula is C17H21ClN2. The van der Waals surface area contributed by atoms with E-state index in [1.54, 1.807) is 0 Å². The second-order valence-corrected chi connectivity index (χ2v) is 5.32. The van der Waals surface area contributed by atoms with Crippen molar-refractivity contribution < 1.29 is 0 Å². The van der Waals surface area contributed by atoms with Crippen LogP contribution in [0.5, 0.6) is 0 Å². The van der Waals surface area contributed by atoms with Crippen LogP contribution in [-0.2, 0) is 12.3 Å². The molecule has 2 aromatic rings. The maximum Gasteiger partial charge on any atom is 0.133 e. The first-order valence-corrected chi connectivity index (χ1v) is 7.54. The number of aromatic nitrogens is 1. The number of nitrogens with zero attached hydrogens (tertiary/aromatic N) is 2. The van der Waals surface area contributed by atoms with Gasteiger partial charge < -0.3 is 4.90 Å². The van der Waals surface area contributed by atoms with E-state index >= 15 is 0 Å². The molecule has 1 aromatic heterocycles. The summed E-state index contributed by atoms with van der Waals surface area (Å²) in [5.74, 6) is 1.48. The van der Waals surface area contributed by atoms with Crippen LogP contribution in [0, 0.1) is 6.92 Å². The first-order chi connectivity index (χ1) is 9.65. The summed E-state index contributed by atoms with van der Waals surface area (Å²) in [6, 6.07) is 12.5. The third-order valence-corrected chi connectivity index (χ3v) is 3.71. The predicted octanol–water partition coefficient (Wildman–Crippen LogP) is 4.85. The number of anilines is 2. The maximum atomic E-state index is 6.01. The smallest absolute Gasteiger partial charge is 0.133 e. The van der Waals surface area contributed by atoms with Crippen LogP contribution in [0.25, 0.3) is 0 Å². The molecule has 0 aliphatic heterocycles. The minimum absolute atomic E-state index is 0.522. The second kappa shape index (κ2) is 6.76. The summed E-state index contributed by atoms with van der Waals surface area (Å²) in [6.07, 6.45) is 2.07. The van der Waals surface area contributed by atoms with E-state index < -0.39 is 0 Å². The van der Waals surface area contributed by atoms with Crippen molar-refractivity contribution in [1.82, 2.24) is 4.98 Å². The molecule has 3 heteroatoms. The zero-order valence-corrected chi connectivity index (χ0v) is 13.1. The summed E-state index contributed by atoms with van der Waals surface area (Å²) in [5.41, 5.74) is 4.65. The molecule has 0 aliphatic rings. The van der Waals surface area contributed by atoms with Gasteiger partial charge in [0.1, 0.15) is 5.82 Å². The van der Waals surface area contributed by atoms with E-state index in [0.29, 0.717) is 5.88 Å². The normalized spacial score (nSPS) is 10.6. The highest BCUT2D eigenvalue weighted by Crippen LogP contribution is 2.26. The third-order valence-electron chi connectivity index (χ3n) is 3.41. The van der Waals surface area contributed by atoms with Crippen molar-refractivity contribution >= 4 is 23.1 Å². The van der Waals surface area contributed by atoms with Gasteiger partial charge in [0.25, 0.3) is 0 Å². The number of halogens is 1. The van der Waals surface area contributed by atoms with E-state index in [1.165, 1.54) is 11.3 Å². The molecule has 0 amide bonds. The first-order valence-electron chi connectivity index (χ1n) is 7.01. The highest BCUT2D eigenvalue weighted by molar-refractivity contribution is 6.17. The number of para-hydroxylation sites is 1. The average Bonchev–Trinajstić information content (AvgIpc) is 2.47. The largest absolute Gasteiger partial charge is 0.329 e. The van der Waals surface area contributed by atoms with Crippen LogP contribution < -0.4 is 4.90 Å². The Morgan fingerprint density at radius 3 is 2.60 bits per heavy atom. The summed E-state index contributed by atoms with van der Waals surface area (Å²) in [5, 5.41) is 0. The van der Waals surface area contributed by atoms with E-state index in [2.05, 4.69) is 62.2 Å².